The van der Waals surface area contributed by atoms with Crippen LogP contribution in [0.25, 0.3) is 0 Å². The second-order valence-corrected chi connectivity index (χ2v) is 2.75. The minimum atomic E-state index is -0.359. The molecule has 0 aliphatic rings. The number of rotatable bonds is 6. The van der Waals surface area contributed by atoms with Gasteiger partial charge in [-0.25, -0.2) is 0 Å². The Hall–Kier alpha value is -0.630. The Morgan fingerprint density at radius 1 is 1.64 bits per heavy atom. The maximum absolute atomic E-state index is 10.9. The van der Waals surface area contributed by atoms with Crippen LogP contribution in [0.3, 0.4) is 0 Å². The first-order valence-corrected chi connectivity index (χ1v) is 3.97. The molecule has 64 valence electrons. The topological polar surface area (TPSA) is 37.3 Å². The zero-order chi connectivity index (χ0) is 8.69. The second kappa shape index (κ2) is 6.10. The minimum absolute atomic E-state index is 0.214. The lowest BCUT2D eigenvalue weighted by Gasteiger charge is -2.01. The molecule has 0 saturated carbocycles. The van der Waals surface area contributed by atoms with Gasteiger partial charge in [0.05, 0.1) is 6.10 Å². The monoisotopic (exact) mass is 156 g/mol. The van der Waals surface area contributed by atoms with Gasteiger partial charge in [0.1, 0.15) is 5.78 Å². The molecule has 0 bridgehead atoms. The van der Waals surface area contributed by atoms with E-state index in [0.717, 1.165) is 6.42 Å². The molecule has 2 heteroatoms. The van der Waals surface area contributed by atoms with E-state index in [1.165, 1.54) is 0 Å². The van der Waals surface area contributed by atoms with E-state index in [0.29, 0.717) is 19.3 Å². The predicted octanol–water partition coefficient (Wildman–Crippen LogP) is 1.68. The number of carbonyl (C=O) groups is 1. The fourth-order valence-corrected chi connectivity index (χ4v) is 0.758. The van der Waals surface area contributed by atoms with E-state index in [9.17, 15) is 4.79 Å². The van der Waals surface area contributed by atoms with Gasteiger partial charge in [-0.05, 0) is 19.8 Å². The molecule has 0 aliphatic carbocycles. The fraction of sp³-hybridized carbons (Fsp3) is 0.667. The molecule has 0 fully saturated rings. The van der Waals surface area contributed by atoms with E-state index in [2.05, 4.69) is 6.58 Å². The fourth-order valence-electron chi connectivity index (χ4n) is 0.758. The molecule has 1 N–H and O–H groups in total. The summed E-state index contributed by atoms with van der Waals surface area (Å²) in [6.45, 7) is 5.22. The van der Waals surface area contributed by atoms with E-state index in [1.807, 2.05) is 0 Å². The lowest BCUT2D eigenvalue weighted by atomic mass is 10.1. The predicted molar refractivity (Wildman–Crippen MR) is 45.4 cm³/mol. The van der Waals surface area contributed by atoms with Crippen LogP contribution in [0.4, 0.5) is 0 Å². The van der Waals surface area contributed by atoms with Crippen LogP contribution in [0.15, 0.2) is 12.7 Å². The molecule has 0 aliphatic heterocycles. The SMILES string of the molecule is C=CCCC(=O)CCC(C)O. The maximum atomic E-state index is 10.9. The second-order valence-electron chi connectivity index (χ2n) is 2.75. The Bertz CT molecular complexity index is 128. The average molecular weight is 156 g/mol. The molecular weight excluding hydrogens is 140 g/mol. The normalized spacial score (nSPS) is 12.5. The molecule has 0 aromatic heterocycles. The van der Waals surface area contributed by atoms with E-state index < -0.39 is 0 Å². The van der Waals surface area contributed by atoms with Crippen molar-refractivity contribution in [2.24, 2.45) is 0 Å². The number of Topliss-reactive ketones (excluding diaryl/α,β-unsaturated/α-hetero) is 1. The van der Waals surface area contributed by atoms with Crippen molar-refractivity contribution in [1.82, 2.24) is 0 Å². The lowest BCUT2D eigenvalue weighted by molar-refractivity contribution is -0.119. The molecule has 1 unspecified atom stereocenters. The molecule has 0 saturated heterocycles. The summed E-state index contributed by atoms with van der Waals surface area (Å²) in [6.07, 6.45) is 3.76. The molecule has 0 radical (unpaired) electrons. The van der Waals surface area contributed by atoms with Gasteiger partial charge in [0.15, 0.2) is 0 Å². The number of hydrogen-bond donors (Lipinski definition) is 1. The summed E-state index contributed by atoms with van der Waals surface area (Å²) in [5.41, 5.74) is 0. The van der Waals surface area contributed by atoms with Gasteiger partial charge in [-0.3, -0.25) is 4.79 Å². The summed E-state index contributed by atoms with van der Waals surface area (Å²) in [4.78, 5) is 10.9. The van der Waals surface area contributed by atoms with Gasteiger partial charge in [0.2, 0.25) is 0 Å². The summed E-state index contributed by atoms with van der Waals surface area (Å²) in [7, 11) is 0. The molecule has 2 nitrogen and oxygen atoms in total. The molecule has 0 aromatic rings. The zero-order valence-electron chi connectivity index (χ0n) is 7.05. The maximum Gasteiger partial charge on any atom is 0.133 e. The van der Waals surface area contributed by atoms with Gasteiger partial charge in [0, 0.05) is 12.8 Å². The van der Waals surface area contributed by atoms with Gasteiger partial charge in [-0.1, -0.05) is 6.08 Å². The summed E-state index contributed by atoms with van der Waals surface area (Å²) in [5.74, 6) is 0.214. The number of allylic oxidation sites excluding steroid dienone is 1. The molecule has 1 atom stereocenters. The largest absolute Gasteiger partial charge is 0.393 e. The highest BCUT2D eigenvalue weighted by Crippen LogP contribution is 2.01. The molecule has 0 spiro atoms. The Balaban J connectivity index is 3.29. The molecular formula is C9H16O2. The molecule has 11 heavy (non-hydrogen) atoms. The van der Waals surface area contributed by atoms with Crippen molar-refractivity contribution in [2.45, 2.75) is 38.7 Å². The van der Waals surface area contributed by atoms with Crippen molar-refractivity contribution >= 4 is 5.78 Å². The molecule has 0 amide bonds. The first-order valence-electron chi connectivity index (χ1n) is 3.97. The van der Waals surface area contributed by atoms with Gasteiger partial charge in [-0.15, -0.1) is 6.58 Å². The van der Waals surface area contributed by atoms with Gasteiger partial charge in [0.25, 0.3) is 0 Å². The minimum Gasteiger partial charge on any atom is -0.393 e. The Morgan fingerprint density at radius 2 is 2.27 bits per heavy atom. The summed E-state index contributed by atoms with van der Waals surface area (Å²) in [6, 6.07) is 0. The quantitative estimate of drug-likeness (QED) is 0.594. The van der Waals surface area contributed by atoms with Crippen LogP contribution >= 0.6 is 0 Å². The first kappa shape index (κ1) is 10.4. The standard InChI is InChI=1S/C9H16O2/c1-3-4-5-9(11)7-6-8(2)10/h3,8,10H,1,4-7H2,2H3. The van der Waals surface area contributed by atoms with Crippen molar-refractivity contribution in [3.8, 4) is 0 Å². The number of ketones is 1. The average Bonchev–Trinajstić information content (AvgIpc) is 1.97. The highest BCUT2D eigenvalue weighted by molar-refractivity contribution is 5.78. The summed E-state index contributed by atoms with van der Waals surface area (Å²) < 4.78 is 0. The van der Waals surface area contributed by atoms with Crippen LogP contribution in [0.1, 0.15) is 32.6 Å². The van der Waals surface area contributed by atoms with Crippen molar-refractivity contribution in [2.75, 3.05) is 0 Å². The number of carbonyl (C=O) groups excluding carboxylic acids is 1. The van der Waals surface area contributed by atoms with E-state index in [4.69, 9.17) is 5.11 Å². The summed E-state index contributed by atoms with van der Waals surface area (Å²) in [5, 5.41) is 8.85. The Kier molecular flexibility index (Phi) is 5.75. The molecule has 0 heterocycles. The van der Waals surface area contributed by atoms with E-state index in [-0.39, 0.29) is 11.9 Å². The van der Waals surface area contributed by atoms with Crippen LogP contribution in [-0.2, 0) is 4.79 Å². The molecule has 0 rings (SSSR count). The smallest absolute Gasteiger partial charge is 0.133 e. The van der Waals surface area contributed by atoms with Crippen LogP contribution in [0.5, 0.6) is 0 Å². The number of aliphatic hydroxyl groups excluding tert-OH is 1. The first-order chi connectivity index (χ1) is 5.16. The number of hydrogen-bond acceptors (Lipinski definition) is 2. The van der Waals surface area contributed by atoms with Gasteiger partial charge < -0.3 is 5.11 Å². The third kappa shape index (κ3) is 7.26. The lowest BCUT2D eigenvalue weighted by Crippen LogP contribution is -2.04. The Morgan fingerprint density at radius 3 is 2.73 bits per heavy atom. The van der Waals surface area contributed by atoms with Crippen molar-refractivity contribution < 1.29 is 9.90 Å². The van der Waals surface area contributed by atoms with Crippen molar-refractivity contribution in [1.29, 1.82) is 0 Å². The van der Waals surface area contributed by atoms with Crippen molar-refractivity contribution in [3.05, 3.63) is 12.7 Å². The van der Waals surface area contributed by atoms with Gasteiger partial charge >= 0.3 is 0 Å². The summed E-state index contributed by atoms with van der Waals surface area (Å²) >= 11 is 0. The highest BCUT2D eigenvalue weighted by Gasteiger charge is 2.02. The van der Waals surface area contributed by atoms with Crippen LogP contribution < -0.4 is 0 Å². The highest BCUT2D eigenvalue weighted by atomic mass is 16.3. The third-order valence-corrected chi connectivity index (χ3v) is 1.47. The van der Waals surface area contributed by atoms with Crippen LogP contribution in [0.2, 0.25) is 0 Å². The van der Waals surface area contributed by atoms with Gasteiger partial charge in [-0.2, -0.15) is 0 Å². The Labute approximate surface area is 67.9 Å². The zero-order valence-corrected chi connectivity index (χ0v) is 7.05. The van der Waals surface area contributed by atoms with Crippen LogP contribution in [0, 0.1) is 0 Å². The van der Waals surface area contributed by atoms with Crippen LogP contribution in [-0.4, -0.2) is 17.0 Å². The van der Waals surface area contributed by atoms with Crippen molar-refractivity contribution in [3.63, 3.8) is 0 Å². The number of aliphatic hydroxyl groups is 1. The third-order valence-electron chi connectivity index (χ3n) is 1.47. The van der Waals surface area contributed by atoms with E-state index in [1.54, 1.807) is 13.0 Å². The molecule has 0 aromatic carbocycles. The van der Waals surface area contributed by atoms with E-state index >= 15 is 0 Å².